The molecule has 168 valence electrons. The third kappa shape index (κ3) is 6.26. The van der Waals surface area contributed by atoms with E-state index in [0.29, 0.717) is 11.4 Å². The van der Waals surface area contributed by atoms with Crippen LogP contribution in [0.25, 0.3) is 21.5 Å². The second-order valence-corrected chi connectivity index (χ2v) is 7.60. The van der Waals surface area contributed by atoms with Crippen LogP contribution in [0.4, 0.5) is 11.4 Å². The Bertz CT molecular complexity index is 1200. The van der Waals surface area contributed by atoms with Crippen LogP contribution >= 0.6 is 34.8 Å². The molecule has 0 radical (unpaired) electrons. The molecule has 5 aromatic rings. The van der Waals surface area contributed by atoms with Crippen molar-refractivity contribution in [2.75, 3.05) is 11.5 Å². The van der Waals surface area contributed by atoms with E-state index in [-0.39, 0.29) is 27.3 Å². The lowest BCUT2D eigenvalue weighted by atomic mass is 10.1. The highest BCUT2D eigenvalue weighted by molar-refractivity contribution is 6.33. The van der Waals surface area contributed by atoms with Gasteiger partial charge in [0.25, 0.3) is 0 Å². The van der Waals surface area contributed by atoms with Gasteiger partial charge in [-0.3, -0.25) is 0 Å². The van der Waals surface area contributed by atoms with Gasteiger partial charge in [0.15, 0.2) is 0 Å². The van der Waals surface area contributed by atoms with Gasteiger partial charge in [-0.25, -0.2) is 0 Å². The number of phenols is 2. The van der Waals surface area contributed by atoms with Crippen LogP contribution in [-0.2, 0) is 0 Å². The zero-order valence-corrected chi connectivity index (χ0v) is 19.2. The molecule has 0 unspecified atom stereocenters. The molecule has 0 aliphatic rings. The van der Waals surface area contributed by atoms with Gasteiger partial charge in [0.05, 0.1) is 0 Å². The Labute approximate surface area is 204 Å². The standard InChI is InChI=1S/2C10H9NO.C3Cl3N3/c2*11-9-5-1-4-8-7(9)3-2-6-10(8)12;4-1-7-2(5)9-3(6)8-1/h2*1-6,12H,11H2;. The van der Waals surface area contributed by atoms with Crippen LogP contribution in [-0.4, -0.2) is 25.2 Å². The Balaban J connectivity index is 0.000000141. The van der Waals surface area contributed by atoms with Crippen LogP contribution in [0.1, 0.15) is 0 Å². The van der Waals surface area contributed by atoms with Crippen LogP contribution < -0.4 is 11.5 Å². The fraction of sp³-hybridized carbons (Fsp3) is 0. The summed E-state index contributed by atoms with van der Waals surface area (Å²) in [6.07, 6.45) is 0. The third-order valence-electron chi connectivity index (χ3n) is 4.42. The van der Waals surface area contributed by atoms with Crippen molar-refractivity contribution in [3.8, 4) is 11.5 Å². The van der Waals surface area contributed by atoms with Gasteiger partial charge in [0.2, 0.25) is 15.9 Å². The first kappa shape index (κ1) is 24.1. The van der Waals surface area contributed by atoms with Crippen molar-refractivity contribution in [2.24, 2.45) is 0 Å². The molecular formula is C23H18Cl3N5O2. The van der Waals surface area contributed by atoms with Crippen molar-refractivity contribution in [3.05, 3.63) is 88.6 Å². The number of hydrogen-bond acceptors (Lipinski definition) is 7. The number of rotatable bonds is 0. The summed E-state index contributed by atoms with van der Waals surface area (Å²) >= 11 is 16.0. The zero-order chi connectivity index (χ0) is 24.0. The first-order valence-corrected chi connectivity index (χ1v) is 10.5. The summed E-state index contributed by atoms with van der Waals surface area (Å²) in [6.45, 7) is 0. The molecule has 4 aromatic carbocycles. The predicted molar refractivity (Wildman–Crippen MR) is 135 cm³/mol. The van der Waals surface area contributed by atoms with Crippen molar-refractivity contribution in [1.29, 1.82) is 0 Å². The van der Waals surface area contributed by atoms with E-state index in [1.165, 1.54) is 0 Å². The van der Waals surface area contributed by atoms with Crippen molar-refractivity contribution in [2.45, 2.75) is 0 Å². The van der Waals surface area contributed by atoms with E-state index in [4.69, 9.17) is 46.3 Å². The molecule has 5 rings (SSSR count). The normalized spacial score (nSPS) is 10.2. The van der Waals surface area contributed by atoms with Crippen molar-refractivity contribution in [1.82, 2.24) is 15.0 Å². The molecule has 0 saturated heterocycles. The summed E-state index contributed by atoms with van der Waals surface area (Å²) in [5, 5.41) is 22.3. The molecule has 0 fully saturated rings. The average molecular weight is 503 g/mol. The molecule has 0 bridgehead atoms. The molecule has 0 saturated carbocycles. The summed E-state index contributed by atoms with van der Waals surface area (Å²) in [5.74, 6) is 0.555. The lowest BCUT2D eigenvalue weighted by Gasteiger charge is -2.02. The quantitative estimate of drug-likeness (QED) is 0.188. The largest absolute Gasteiger partial charge is 0.507 e. The molecule has 33 heavy (non-hydrogen) atoms. The molecule has 0 amide bonds. The molecule has 0 aliphatic carbocycles. The van der Waals surface area contributed by atoms with Gasteiger partial charge in [0.1, 0.15) is 11.5 Å². The molecule has 0 aliphatic heterocycles. The molecule has 6 N–H and O–H groups in total. The number of halogens is 3. The molecule has 7 nitrogen and oxygen atoms in total. The molecule has 1 aromatic heterocycles. The Kier molecular flexibility index (Phi) is 7.95. The Hall–Kier alpha value is -3.52. The van der Waals surface area contributed by atoms with Gasteiger partial charge in [0, 0.05) is 32.9 Å². The highest BCUT2D eigenvalue weighted by atomic mass is 35.5. The van der Waals surface area contributed by atoms with Gasteiger partial charge in [-0.15, -0.1) is 0 Å². The second-order valence-electron chi connectivity index (χ2n) is 6.58. The number of aromatic nitrogens is 3. The van der Waals surface area contributed by atoms with Crippen LogP contribution in [0.2, 0.25) is 15.9 Å². The molecular weight excluding hydrogens is 485 g/mol. The monoisotopic (exact) mass is 501 g/mol. The van der Waals surface area contributed by atoms with Crippen LogP contribution in [0.3, 0.4) is 0 Å². The number of phenolic OH excluding ortho intramolecular Hbond substituents is 2. The number of aromatic hydroxyl groups is 2. The number of nitrogens with zero attached hydrogens (tertiary/aromatic N) is 3. The molecule has 0 atom stereocenters. The summed E-state index contributed by atoms with van der Waals surface area (Å²) < 4.78 is 0. The second kappa shape index (κ2) is 10.9. The van der Waals surface area contributed by atoms with E-state index in [9.17, 15) is 10.2 Å². The predicted octanol–water partition coefficient (Wildman–Crippen LogP) is 6.09. The first-order chi connectivity index (χ1) is 15.8. The van der Waals surface area contributed by atoms with E-state index in [2.05, 4.69) is 15.0 Å². The maximum Gasteiger partial charge on any atom is 0.227 e. The number of benzene rings is 4. The fourth-order valence-electron chi connectivity index (χ4n) is 2.94. The number of hydrogen-bond donors (Lipinski definition) is 4. The summed E-state index contributed by atoms with van der Waals surface area (Å²) in [4.78, 5) is 10.4. The Morgan fingerprint density at radius 3 is 1.12 bits per heavy atom. The highest BCUT2D eigenvalue weighted by Gasteiger charge is 2.01. The summed E-state index contributed by atoms with van der Waals surface area (Å²) in [5.41, 5.74) is 12.8. The average Bonchev–Trinajstić information content (AvgIpc) is 2.76. The Morgan fingerprint density at radius 2 is 0.788 bits per heavy atom. The number of anilines is 2. The molecule has 1 heterocycles. The van der Waals surface area contributed by atoms with Crippen LogP contribution in [0, 0.1) is 0 Å². The third-order valence-corrected chi connectivity index (χ3v) is 4.93. The van der Waals surface area contributed by atoms with Gasteiger partial charge < -0.3 is 21.7 Å². The maximum absolute atomic E-state index is 9.44. The zero-order valence-electron chi connectivity index (χ0n) is 17.0. The van der Waals surface area contributed by atoms with E-state index in [0.717, 1.165) is 21.5 Å². The topological polar surface area (TPSA) is 131 Å². The van der Waals surface area contributed by atoms with Gasteiger partial charge in [-0.05, 0) is 59.1 Å². The lowest BCUT2D eigenvalue weighted by molar-refractivity contribution is 0.481. The van der Waals surface area contributed by atoms with E-state index >= 15 is 0 Å². The number of fused-ring (bicyclic) bond motifs is 2. The van der Waals surface area contributed by atoms with Gasteiger partial charge >= 0.3 is 0 Å². The first-order valence-electron chi connectivity index (χ1n) is 9.41. The number of nitrogen functional groups attached to an aromatic ring is 2. The van der Waals surface area contributed by atoms with Crippen molar-refractivity contribution >= 4 is 67.7 Å². The van der Waals surface area contributed by atoms with Crippen LogP contribution in [0.5, 0.6) is 11.5 Å². The summed E-state index contributed by atoms with van der Waals surface area (Å²) in [6, 6.07) is 21.7. The fourth-order valence-corrected chi connectivity index (χ4v) is 3.55. The molecule has 0 spiro atoms. The van der Waals surface area contributed by atoms with Crippen LogP contribution in [0.15, 0.2) is 72.8 Å². The van der Waals surface area contributed by atoms with Crippen molar-refractivity contribution in [3.63, 3.8) is 0 Å². The van der Waals surface area contributed by atoms with E-state index in [1.54, 1.807) is 24.3 Å². The highest BCUT2D eigenvalue weighted by Crippen LogP contribution is 2.28. The number of nitrogens with two attached hydrogens (primary N) is 2. The minimum absolute atomic E-state index is 0.000000000000000444. The van der Waals surface area contributed by atoms with Gasteiger partial charge in [-0.1, -0.05) is 48.5 Å². The van der Waals surface area contributed by atoms with Crippen molar-refractivity contribution < 1.29 is 10.2 Å². The maximum atomic E-state index is 9.44. The SMILES string of the molecule is Clc1nc(Cl)nc(Cl)n1.Nc1cccc2c(O)cccc12.Nc1cccc2c(O)cccc12. The smallest absolute Gasteiger partial charge is 0.227 e. The molecule has 10 heteroatoms. The minimum Gasteiger partial charge on any atom is -0.507 e. The van der Waals surface area contributed by atoms with E-state index < -0.39 is 0 Å². The minimum atomic E-state index is 0.000000000000000444. The van der Waals surface area contributed by atoms with Gasteiger partial charge in [-0.2, -0.15) is 15.0 Å². The lowest BCUT2D eigenvalue weighted by Crippen LogP contribution is -1.87. The Morgan fingerprint density at radius 1 is 0.485 bits per heavy atom. The summed E-state index contributed by atoms with van der Waals surface area (Å²) in [7, 11) is 0. The van der Waals surface area contributed by atoms with E-state index in [1.807, 2.05) is 48.5 Å².